The number of azide groups is 1. The van der Waals surface area contributed by atoms with E-state index >= 15 is 0 Å². The van der Waals surface area contributed by atoms with Crippen molar-refractivity contribution in [3.05, 3.63) is 37.3 Å². The van der Waals surface area contributed by atoms with Gasteiger partial charge in [0, 0.05) is 4.91 Å². The monoisotopic (exact) mass is 286 g/mol. The van der Waals surface area contributed by atoms with Crippen LogP contribution in [0.5, 0.6) is 0 Å². The van der Waals surface area contributed by atoms with Gasteiger partial charge in [0.15, 0.2) is 0 Å². The molecule has 1 atom stereocenters. The highest BCUT2D eigenvalue weighted by Gasteiger charge is 2.17. The lowest BCUT2D eigenvalue weighted by molar-refractivity contribution is 0.0569. The van der Waals surface area contributed by atoms with E-state index in [-0.39, 0.29) is 6.10 Å². The van der Waals surface area contributed by atoms with Crippen LogP contribution >= 0.6 is 27.3 Å². The van der Waals surface area contributed by atoms with Crippen LogP contribution < -0.4 is 5.48 Å². The maximum absolute atomic E-state index is 8.17. The van der Waals surface area contributed by atoms with Crippen LogP contribution in [0.15, 0.2) is 27.1 Å². The molecule has 5 nitrogen and oxygen atoms in total. The van der Waals surface area contributed by atoms with Crippen LogP contribution in [0, 0.1) is 0 Å². The van der Waals surface area contributed by atoms with Crippen molar-refractivity contribution in [2.45, 2.75) is 6.10 Å². The first kappa shape index (κ1) is 10.5. The molecule has 0 amide bonds. The second-order valence-corrected chi connectivity index (χ2v) is 5.32. The number of nitrogens with one attached hydrogen (secondary N) is 1. The van der Waals surface area contributed by atoms with E-state index in [0.717, 1.165) is 14.4 Å². The summed E-state index contributed by atoms with van der Waals surface area (Å²) >= 11 is 5.01. The predicted octanol–water partition coefficient (Wildman–Crippen LogP) is 3.07. The van der Waals surface area contributed by atoms with Crippen LogP contribution in [0.1, 0.15) is 4.88 Å². The summed E-state index contributed by atoms with van der Waals surface area (Å²) < 4.78 is 1.07. The second-order valence-electron chi connectivity index (χ2n) is 2.86. The lowest BCUT2D eigenvalue weighted by Gasteiger charge is -2.01. The first-order chi connectivity index (χ1) is 7.29. The SMILES string of the molecule is [N-]=[N+]=NCC1C=C(c2ccc(Br)s2)NO1. The molecule has 0 bridgehead atoms. The Morgan fingerprint density at radius 2 is 2.53 bits per heavy atom. The smallest absolute Gasteiger partial charge is 0.111 e. The molecule has 0 aromatic carbocycles. The highest BCUT2D eigenvalue weighted by atomic mass is 79.9. The lowest BCUT2D eigenvalue weighted by atomic mass is 10.3. The van der Waals surface area contributed by atoms with E-state index in [9.17, 15) is 0 Å². The van der Waals surface area contributed by atoms with Crippen molar-refractivity contribution in [3.8, 4) is 0 Å². The molecule has 0 fully saturated rings. The molecule has 0 spiro atoms. The van der Waals surface area contributed by atoms with Crippen molar-refractivity contribution in [3.63, 3.8) is 0 Å². The molecule has 1 aliphatic heterocycles. The first-order valence-corrected chi connectivity index (χ1v) is 5.80. The minimum absolute atomic E-state index is 0.184. The third-order valence-corrected chi connectivity index (χ3v) is 3.49. The zero-order chi connectivity index (χ0) is 10.7. The average molecular weight is 287 g/mol. The molecular weight excluding hydrogens is 280 g/mol. The fourth-order valence-corrected chi connectivity index (χ4v) is 2.55. The first-order valence-electron chi connectivity index (χ1n) is 4.19. The zero-order valence-corrected chi connectivity index (χ0v) is 9.96. The van der Waals surface area contributed by atoms with Gasteiger partial charge in [-0.25, -0.2) is 0 Å². The summed E-state index contributed by atoms with van der Waals surface area (Å²) in [5.74, 6) is 0. The Bertz CT molecular complexity index is 438. The van der Waals surface area contributed by atoms with Gasteiger partial charge in [0.25, 0.3) is 0 Å². The van der Waals surface area contributed by atoms with Crippen LogP contribution in [0.4, 0.5) is 0 Å². The fraction of sp³-hybridized carbons (Fsp3) is 0.250. The van der Waals surface area contributed by atoms with Crippen molar-refractivity contribution in [1.29, 1.82) is 0 Å². The molecule has 2 heterocycles. The largest absolute Gasteiger partial charge is 0.268 e. The number of hydrogen-bond donors (Lipinski definition) is 1. The molecule has 0 radical (unpaired) electrons. The van der Waals surface area contributed by atoms with Crippen LogP contribution in [0.2, 0.25) is 0 Å². The number of hydroxylamine groups is 1. The van der Waals surface area contributed by atoms with E-state index in [1.54, 1.807) is 11.3 Å². The van der Waals surface area contributed by atoms with E-state index in [0.29, 0.717) is 6.54 Å². The maximum atomic E-state index is 8.17. The van der Waals surface area contributed by atoms with Gasteiger partial charge in [-0.3, -0.25) is 10.3 Å². The minimum atomic E-state index is -0.184. The maximum Gasteiger partial charge on any atom is 0.111 e. The van der Waals surface area contributed by atoms with Gasteiger partial charge in [-0.1, -0.05) is 5.11 Å². The summed E-state index contributed by atoms with van der Waals surface area (Å²) in [5.41, 5.74) is 11.9. The molecule has 1 aromatic rings. The normalized spacial score (nSPS) is 19.3. The van der Waals surface area contributed by atoms with Crippen LogP contribution in [0.3, 0.4) is 0 Å². The Hall–Kier alpha value is -1.01. The summed E-state index contributed by atoms with van der Waals surface area (Å²) in [6.07, 6.45) is 1.73. The van der Waals surface area contributed by atoms with E-state index in [1.165, 1.54) is 0 Å². The van der Waals surface area contributed by atoms with Crippen molar-refractivity contribution in [2.75, 3.05) is 6.54 Å². The van der Waals surface area contributed by atoms with Gasteiger partial charge in [-0.15, -0.1) is 11.3 Å². The van der Waals surface area contributed by atoms with Crippen molar-refractivity contribution < 1.29 is 4.84 Å². The predicted molar refractivity (Wildman–Crippen MR) is 62.0 cm³/mol. The summed E-state index contributed by atoms with van der Waals surface area (Å²) in [5, 5.41) is 3.45. The molecule has 1 unspecified atom stereocenters. The van der Waals surface area contributed by atoms with Crippen LogP contribution in [-0.2, 0) is 4.84 Å². The van der Waals surface area contributed by atoms with E-state index < -0.39 is 0 Å². The topological polar surface area (TPSA) is 70.0 Å². The van der Waals surface area contributed by atoms with Gasteiger partial charge >= 0.3 is 0 Å². The van der Waals surface area contributed by atoms with Gasteiger partial charge in [-0.05, 0) is 39.7 Å². The summed E-state index contributed by atoms with van der Waals surface area (Å²) in [4.78, 5) is 8.99. The fourth-order valence-electron chi connectivity index (χ4n) is 1.19. The Morgan fingerprint density at radius 1 is 1.67 bits per heavy atom. The summed E-state index contributed by atoms with van der Waals surface area (Å²) in [6, 6.07) is 3.97. The second kappa shape index (κ2) is 4.67. The molecule has 7 heteroatoms. The molecule has 0 saturated heterocycles. The quantitative estimate of drug-likeness (QED) is 0.527. The van der Waals surface area contributed by atoms with Crippen LogP contribution in [0.25, 0.3) is 16.1 Å². The van der Waals surface area contributed by atoms with E-state index in [2.05, 4.69) is 31.4 Å². The Labute approximate surface area is 98.5 Å². The third-order valence-electron chi connectivity index (χ3n) is 1.84. The molecular formula is C8H7BrN4OS. The van der Waals surface area contributed by atoms with Gasteiger partial charge in [0.1, 0.15) is 6.10 Å². The molecule has 2 rings (SSSR count). The standard InChI is InChI=1S/C8H7BrN4OS/c9-8-2-1-7(15-8)6-3-5(14-12-6)4-11-13-10/h1-3,5,12H,4H2. The van der Waals surface area contributed by atoms with E-state index in [4.69, 9.17) is 10.4 Å². The highest BCUT2D eigenvalue weighted by Crippen LogP contribution is 2.29. The Kier molecular flexibility index (Phi) is 3.27. The molecule has 78 valence electrons. The van der Waals surface area contributed by atoms with E-state index in [1.807, 2.05) is 18.2 Å². The van der Waals surface area contributed by atoms with Gasteiger partial charge < -0.3 is 0 Å². The summed E-state index contributed by atoms with van der Waals surface area (Å²) in [6.45, 7) is 0.305. The van der Waals surface area contributed by atoms with Crippen molar-refractivity contribution in [1.82, 2.24) is 5.48 Å². The molecule has 0 aliphatic carbocycles. The van der Waals surface area contributed by atoms with Crippen molar-refractivity contribution >= 4 is 33.0 Å². The lowest BCUT2D eigenvalue weighted by Crippen LogP contribution is -2.14. The zero-order valence-electron chi connectivity index (χ0n) is 7.55. The highest BCUT2D eigenvalue weighted by molar-refractivity contribution is 9.11. The number of hydrogen-bond acceptors (Lipinski definition) is 4. The van der Waals surface area contributed by atoms with Gasteiger partial charge in [0.2, 0.25) is 0 Å². The minimum Gasteiger partial charge on any atom is -0.268 e. The van der Waals surface area contributed by atoms with Crippen LogP contribution in [-0.4, -0.2) is 12.6 Å². The Balaban J connectivity index is 2.09. The summed E-state index contributed by atoms with van der Waals surface area (Å²) in [7, 11) is 0. The average Bonchev–Trinajstić information content (AvgIpc) is 2.83. The van der Waals surface area contributed by atoms with Gasteiger partial charge in [0.05, 0.1) is 20.9 Å². The third kappa shape index (κ3) is 2.51. The number of rotatable bonds is 3. The molecule has 15 heavy (non-hydrogen) atoms. The molecule has 0 saturated carbocycles. The number of nitrogens with zero attached hydrogens (tertiary/aromatic N) is 3. The number of halogens is 1. The molecule has 1 aliphatic rings. The molecule has 1 N–H and O–H groups in total. The van der Waals surface area contributed by atoms with Gasteiger partial charge in [-0.2, -0.15) is 0 Å². The molecule has 1 aromatic heterocycles. The Morgan fingerprint density at radius 3 is 3.20 bits per heavy atom. The van der Waals surface area contributed by atoms with Crippen molar-refractivity contribution in [2.24, 2.45) is 5.11 Å². The number of thiophene rings is 1.